The van der Waals surface area contributed by atoms with Gasteiger partial charge in [-0.1, -0.05) is 72.0 Å². The molecule has 0 saturated heterocycles. The Morgan fingerprint density at radius 2 is 1.79 bits per heavy atom. The molecule has 0 amide bonds. The average Bonchev–Trinajstić information content (AvgIpc) is 2.98. The van der Waals surface area contributed by atoms with Gasteiger partial charge in [-0.25, -0.2) is 0 Å². The summed E-state index contributed by atoms with van der Waals surface area (Å²) in [6.07, 6.45) is 21.2. The summed E-state index contributed by atoms with van der Waals surface area (Å²) in [5.74, 6) is 5.78. The van der Waals surface area contributed by atoms with E-state index in [1.807, 2.05) is 5.57 Å². The van der Waals surface area contributed by atoms with Crippen LogP contribution in [-0.2, 0) is 19.8 Å². The van der Waals surface area contributed by atoms with E-state index >= 15 is 0 Å². The smallest absolute Gasteiger partial charge is 0.358 e. The molecule has 4 rings (SSSR count). The summed E-state index contributed by atoms with van der Waals surface area (Å²) < 4.78 is 0. The molecule has 168 valence electrons. The van der Waals surface area contributed by atoms with E-state index < -0.39 is 0 Å². The topological polar surface area (TPSA) is 0 Å². The van der Waals surface area contributed by atoms with Crippen LogP contribution in [0.15, 0.2) is 11.6 Å². The van der Waals surface area contributed by atoms with E-state index in [4.69, 9.17) is 0 Å². The van der Waals surface area contributed by atoms with Gasteiger partial charge in [0.05, 0.1) is 0 Å². The maximum atomic E-state index is 2.72. The van der Waals surface area contributed by atoms with Crippen molar-refractivity contribution in [2.75, 3.05) is 0 Å². The predicted molar refractivity (Wildman–Crippen MR) is 124 cm³/mol. The van der Waals surface area contributed by atoms with Gasteiger partial charge in [0.25, 0.3) is 0 Å². The molecule has 0 bridgehead atoms. The maximum Gasteiger partial charge on any atom is 2.00 e. The van der Waals surface area contributed by atoms with Crippen LogP contribution in [0.5, 0.6) is 0 Å². The van der Waals surface area contributed by atoms with Crippen molar-refractivity contribution < 1.29 is 19.8 Å². The standard InChI is InChI=1S/C27H45.CH3.Os/c1-19(2)9-8-10-20(3)23-14-15-24-22-13-12-21-11-6-7-17-26(21,4)25(22)16-18-27(23,24)5;;/h6,12,19-20,22-25H,7-11,13-18H2,1-5H3;1H3;/q2*-1;+2. The molecule has 3 fully saturated rings. The summed E-state index contributed by atoms with van der Waals surface area (Å²) in [5, 5.41) is 0. The molecular weight excluding hydrogens is 527 g/mol. The Morgan fingerprint density at radius 3 is 2.52 bits per heavy atom. The van der Waals surface area contributed by atoms with Crippen molar-refractivity contribution in [1.82, 2.24) is 0 Å². The zero-order chi connectivity index (χ0) is 19.2. The molecule has 7 unspecified atom stereocenters. The second kappa shape index (κ2) is 9.89. The van der Waals surface area contributed by atoms with Crippen molar-refractivity contribution in [2.45, 2.75) is 105 Å². The monoisotopic (exact) mass is 576 g/mol. The van der Waals surface area contributed by atoms with E-state index in [2.05, 4.69) is 47.1 Å². The largest absolute Gasteiger partial charge is 2.00 e. The molecule has 0 N–H and O–H groups in total. The van der Waals surface area contributed by atoms with Crippen molar-refractivity contribution in [2.24, 2.45) is 46.3 Å². The third-order valence-corrected chi connectivity index (χ3v) is 10.1. The minimum absolute atomic E-state index is 0. The quantitative estimate of drug-likeness (QED) is 0.228. The molecule has 0 aliphatic heterocycles. The van der Waals surface area contributed by atoms with Crippen LogP contribution >= 0.6 is 0 Å². The van der Waals surface area contributed by atoms with E-state index in [-0.39, 0.29) is 27.2 Å². The fourth-order valence-electron chi connectivity index (χ4n) is 8.50. The second-order valence-corrected chi connectivity index (χ2v) is 11.8. The molecule has 0 nitrogen and oxygen atoms in total. The van der Waals surface area contributed by atoms with Crippen molar-refractivity contribution in [1.29, 1.82) is 0 Å². The van der Waals surface area contributed by atoms with Crippen LogP contribution in [0.25, 0.3) is 0 Å². The number of hydrogen-bond donors (Lipinski definition) is 0. The normalized spacial score (nSPS) is 41.9. The third kappa shape index (κ3) is 4.48. The first-order valence-corrected chi connectivity index (χ1v) is 12.4. The Kier molecular flexibility index (Phi) is 8.74. The first-order chi connectivity index (χ1) is 12.9. The number of rotatable bonds is 5. The molecule has 0 spiro atoms. The third-order valence-electron chi connectivity index (χ3n) is 10.1. The SMILES string of the molecule is CC(C)CCCC(C)C1CCC2C3CC=C4C[CH-]CCC4(C)C3CCC12C.[CH3-].[Os+2]. The Labute approximate surface area is 196 Å². The molecule has 0 aromatic carbocycles. The van der Waals surface area contributed by atoms with E-state index in [9.17, 15) is 0 Å². The van der Waals surface area contributed by atoms with E-state index in [0.717, 1.165) is 35.5 Å². The van der Waals surface area contributed by atoms with Crippen LogP contribution in [0.2, 0.25) is 0 Å². The minimum Gasteiger partial charge on any atom is -0.358 e. The summed E-state index contributed by atoms with van der Waals surface area (Å²) in [7, 11) is 0. The van der Waals surface area contributed by atoms with Crippen molar-refractivity contribution in [3.8, 4) is 0 Å². The van der Waals surface area contributed by atoms with Crippen LogP contribution in [0.4, 0.5) is 0 Å². The average molecular weight is 575 g/mol. The molecule has 4 aliphatic rings. The molecule has 3 saturated carbocycles. The molecular formula is C28H48Os. The van der Waals surface area contributed by atoms with Crippen molar-refractivity contribution in [3.05, 3.63) is 25.5 Å². The fraction of sp³-hybridized carbons (Fsp3) is 0.857. The van der Waals surface area contributed by atoms with Gasteiger partial charge in [-0.2, -0.15) is 12.8 Å². The van der Waals surface area contributed by atoms with Crippen molar-refractivity contribution in [3.63, 3.8) is 0 Å². The summed E-state index contributed by atoms with van der Waals surface area (Å²) in [6, 6.07) is 0. The molecule has 1 heteroatoms. The Balaban J connectivity index is 0.00000150. The minimum atomic E-state index is 0. The molecule has 29 heavy (non-hydrogen) atoms. The van der Waals surface area contributed by atoms with Crippen LogP contribution in [0.1, 0.15) is 105 Å². The number of fused-ring (bicyclic) bond motifs is 5. The van der Waals surface area contributed by atoms with Crippen LogP contribution in [0.3, 0.4) is 0 Å². The number of allylic oxidation sites excluding steroid dienone is 2. The van der Waals surface area contributed by atoms with Gasteiger partial charge in [0.15, 0.2) is 0 Å². The van der Waals surface area contributed by atoms with Crippen LogP contribution in [0, 0.1) is 60.2 Å². The van der Waals surface area contributed by atoms with Crippen molar-refractivity contribution >= 4 is 0 Å². The van der Waals surface area contributed by atoms with Crippen LogP contribution < -0.4 is 0 Å². The zero-order valence-electron chi connectivity index (χ0n) is 20.3. The molecule has 0 aromatic rings. The van der Waals surface area contributed by atoms with Gasteiger partial charge in [-0.3, -0.25) is 0 Å². The zero-order valence-corrected chi connectivity index (χ0v) is 22.8. The molecule has 0 heterocycles. The summed E-state index contributed by atoms with van der Waals surface area (Å²) in [4.78, 5) is 0. The number of hydrogen-bond acceptors (Lipinski definition) is 0. The van der Waals surface area contributed by atoms with E-state index in [0.29, 0.717) is 10.8 Å². The summed E-state index contributed by atoms with van der Waals surface area (Å²) >= 11 is 0. The molecule has 0 aromatic heterocycles. The summed E-state index contributed by atoms with van der Waals surface area (Å²) in [5.41, 5.74) is 3.00. The predicted octanol–water partition coefficient (Wildman–Crippen LogP) is 8.68. The molecule has 7 atom stereocenters. The molecule has 4 aliphatic carbocycles. The Bertz CT molecular complexity index is 563. The van der Waals surface area contributed by atoms with Gasteiger partial charge in [0.2, 0.25) is 0 Å². The maximum absolute atomic E-state index is 2.72. The van der Waals surface area contributed by atoms with Crippen LogP contribution in [-0.4, -0.2) is 0 Å². The second-order valence-electron chi connectivity index (χ2n) is 11.8. The summed E-state index contributed by atoms with van der Waals surface area (Å²) in [6.45, 7) is 12.7. The first-order valence-electron chi connectivity index (χ1n) is 12.4. The first kappa shape index (κ1) is 25.6. The molecule has 0 radical (unpaired) electrons. The van der Waals surface area contributed by atoms with Gasteiger partial charge in [0.1, 0.15) is 0 Å². The van der Waals surface area contributed by atoms with Gasteiger partial charge in [-0.15, -0.1) is 0 Å². The van der Waals surface area contributed by atoms with Gasteiger partial charge in [-0.05, 0) is 78.4 Å². The Morgan fingerprint density at radius 1 is 1.03 bits per heavy atom. The fourth-order valence-corrected chi connectivity index (χ4v) is 8.50. The van der Waals surface area contributed by atoms with Gasteiger partial charge < -0.3 is 13.8 Å². The van der Waals surface area contributed by atoms with E-state index in [1.54, 1.807) is 0 Å². The van der Waals surface area contributed by atoms with Gasteiger partial charge >= 0.3 is 19.8 Å². The van der Waals surface area contributed by atoms with Gasteiger partial charge in [0, 0.05) is 0 Å². The Hall–Kier alpha value is 0.376. The van der Waals surface area contributed by atoms with E-state index in [1.165, 1.54) is 70.6 Å².